The van der Waals surface area contributed by atoms with Gasteiger partial charge in [0.25, 0.3) is 23.1 Å². The number of ketones is 1. The van der Waals surface area contributed by atoms with Crippen LogP contribution in [0.2, 0.25) is 0 Å². The summed E-state index contributed by atoms with van der Waals surface area (Å²) in [6, 6.07) is 6.00. The number of Topliss-reactive ketones (excluding diaryl/α,β-unsaturated/α-hetero) is 1. The van der Waals surface area contributed by atoms with Crippen molar-refractivity contribution in [3.05, 3.63) is 73.8 Å². The molecule has 12 heteroatoms. The van der Waals surface area contributed by atoms with Gasteiger partial charge in [0.05, 0.1) is 21.5 Å². The van der Waals surface area contributed by atoms with Crippen molar-refractivity contribution >= 4 is 28.8 Å². The van der Waals surface area contributed by atoms with Crippen molar-refractivity contribution in [2.75, 3.05) is 5.32 Å². The smallest absolute Gasteiger partial charge is 0.322 e. The van der Waals surface area contributed by atoms with E-state index in [1.807, 2.05) is 0 Å². The molecule has 2 aromatic carbocycles. The first kappa shape index (κ1) is 19.5. The second kappa shape index (κ2) is 7.19. The zero-order valence-corrected chi connectivity index (χ0v) is 13.0. The van der Waals surface area contributed by atoms with E-state index in [4.69, 9.17) is 0 Å². The zero-order chi connectivity index (χ0) is 20.4. The number of rotatable bonds is 5. The minimum absolute atomic E-state index is 0.0205. The average Bonchev–Trinajstić information content (AvgIpc) is 2.60. The van der Waals surface area contributed by atoms with Gasteiger partial charge in [-0.2, -0.15) is 13.2 Å². The Morgan fingerprint density at radius 3 is 1.74 bits per heavy atom. The zero-order valence-electron chi connectivity index (χ0n) is 13.0. The Labute approximate surface area is 147 Å². The fourth-order valence-electron chi connectivity index (χ4n) is 2.01. The van der Waals surface area contributed by atoms with E-state index in [-0.39, 0.29) is 5.69 Å². The predicted octanol–water partition coefficient (Wildman–Crippen LogP) is 3.50. The summed E-state index contributed by atoms with van der Waals surface area (Å²) in [6.07, 6.45) is -5.05. The molecule has 0 atom stereocenters. The molecular weight excluding hydrogens is 375 g/mol. The number of halogens is 3. The maximum absolute atomic E-state index is 12.3. The molecule has 0 aromatic heterocycles. The van der Waals surface area contributed by atoms with Crippen LogP contribution in [-0.4, -0.2) is 27.7 Å². The second-order valence-electron chi connectivity index (χ2n) is 5.11. The third kappa shape index (κ3) is 4.62. The van der Waals surface area contributed by atoms with Crippen molar-refractivity contribution in [3.63, 3.8) is 0 Å². The normalized spacial score (nSPS) is 10.9. The van der Waals surface area contributed by atoms with E-state index >= 15 is 0 Å². The van der Waals surface area contributed by atoms with Gasteiger partial charge in [-0.3, -0.25) is 29.8 Å². The number of carbonyl (C=O) groups is 2. The van der Waals surface area contributed by atoms with Gasteiger partial charge in [-0.1, -0.05) is 0 Å². The first-order valence-electron chi connectivity index (χ1n) is 6.96. The maximum Gasteiger partial charge on any atom is 0.454 e. The van der Waals surface area contributed by atoms with E-state index < -0.39 is 50.2 Å². The van der Waals surface area contributed by atoms with Gasteiger partial charge in [0.1, 0.15) is 0 Å². The van der Waals surface area contributed by atoms with Crippen molar-refractivity contribution in [3.8, 4) is 0 Å². The number of hydrogen-bond acceptors (Lipinski definition) is 6. The monoisotopic (exact) mass is 383 g/mol. The van der Waals surface area contributed by atoms with Crippen molar-refractivity contribution in [2.45, 2.75) is 6.18 Å². The van der Waals surface area contributed by atoms with Crippen LogP contribution in [0.3, 0.4) is 0 Å². The quantitative estimate of drug-likeness (QED) is 0.477. The number of nitrogens with one attached hydrogen (secondary N) is 1. The van der Waals surface area contributed by atoms with E-state index in [1.54, 1.807) is 0 Å². The molecule has 0 fully saturated rings. The maximum atomic E-state index is 12.3. The molecule has 0 radical (unpaired) electrons. The van der Waals surface area contributed by atoms with Gasteiger partial charge in [-0.25, -0.2) is 0 Å². The largest absolute Gasteiger partial charge is 0.454 e. The molecule has 140 valence electrons. The van der Waals surface area contributed by atoms with Gasteiger partial charge in [-0.05, 0) is 24.3 Å². The molecule has 0 heterocycles. The van der Waals surface area contributed by atoms with Crippen LogP contribution in [0.5, 0.6) is 0 Å². The van der Waals surface area contributed by atoms with Crippen molar-refractivity contribution < 1.29 is 32.6 Å². The molecule has 1 amide bonds. The number of nitro benzene ring substituents is 2. The Kier molecular flexibility index (Phi) is 5.19. The molecule has 27 heavy (non-hydrogen) atoms. The van der Waals surface area contributed by atoms with Gasteiger partial charge in [0.15, 0.2) is 0 Å². The molecule has 0 spiro atoms. The summed E-state index contributed by atoms with van der Waals surface area (Å²) in [4.78, 5) is 43.0. The predicted molar refractivity (Wildman–Crippen MR) is 84.5 cm³/mol. The molecule has 2 aromatic rings. The lowest BCUT2D eigenvalue weighted by atomic mass is 10.1. The Morgan fingerprint density at radius 1 is 0.852 bits per heavy atom. The minimum atomic E-state index is -5.05. The fourth-order valence-corrected chi connectivity index (χ4v) is 2.01. The molecule has 0 aliphatic heterocycles. The molecule has 2 rings (SSSR count). The number of anilines is 1. The first-order chi connectivity index (χ1) is 12.5. The molecule has 0 aliphatic carbocycles. The van der Waals surface area contributed by atoms with Crippen LogP contribution in [0.4, 0.5) is 30.2 Å². The number of carbonyl (C=O) groups excluding carboxylic acids is 2. The highest BCUT2D eigenvalue weighted by atomic mass is 19.4. The lowest BCUT2D eigenvalue weighted by Crippen LogP contribution is -2.22. The molecule has 0 unspecified atom stereocenters. The van der Waals surface area contributed by atoms with Gasteiger partial charge in [0, 0.05) is 23.4 Å². The van der Waals surface area contributed by atoms with Crippen LogP contribution in [0.25, 0.3) is 0 Å². The summed E-state index contributed by atoms with van der Waals surface area (Å²) in [7, 11) is 0. The Morgan fingerprint density at radius 2 is 1.33 bits per heavy atom. The van der Waals surface area contributed by atoms with Crippen LogP contribution in [0, 0.1) is 20.2 Å². The van der Waals surface area contributed by atoms with Crippen LogP contribution >= 0.6 is 0 Å². The molecule has 0 saturated heterocycles. The summed E-state index contributed by atoms with van der Waals surface area (Å²) in [5.74, 6) is -3.02. The number of alkyl halides is 3. The topological polar surface area (TPSA) is 132 Å². The average molecular weight is 383 g/mol. The second-order valence-corrected chi connectivity index (χ2v) is 5.11. The highest BCUT2D eigenvalue weighted by molar-refractivity contribution is 6.05. The molecule has 0 bridgehead atoms. The number of benzene rings is 2. The van der Waals surface area contributed by atoms with Crippen LogP contribution in [0.15, 0.2) is 42.5 Å². The highest BCUT2D eigenvalue weighted by Gasteiger charge is 2.39. The number of amides is 1. The van der Waals surface area contributed by atoms with Crippen LogP contribution < -0.4 is 5.32 Å². The highest BCUT2D eigenvalue weighted by Crippen LogP contribution is 2.25. The van der Waals surface area contributed by atoms with Crippen molar-refractivity contribution in [1.82, 2.24) is 0 Å². The van der Waals surface area contributed by atoms with E-state index in [2.05, 4.69) is 5.32 Å². The first-order valence-corrected chi connectivity index (χ1v) is 6.96. The number of hydrogen-bond donors (Lipinski definition) is 1. The summed E-state index contributed by atoms with van der Waals surface area (Å²) >= 11 is 0. The van der Waals surface area contributed by atoms with E-state index in [0.29, 0.717) is 6.07 Å². The van der Waals surface area contributed by atoms with Gasteiger partial charge >= 0.3 is 6.18 Å². The van der Waals surface area contributed by atoms with Crippen molar-refractivity contribution in [1.29, 1.82) is 0 Å². The van der Waals surface area contributed by atoms with Crippen molar-refractivity contribution in [2.24, 2.45) is 0 Å². The van der Waals surface area contributed by atoms with Crippen LogP contribution in [-0.2, 0) is 0 Å². The SMILES string of the molecule is O=C(Nc1ccc(C(=O)C(F)(F)F)cc1)c1cc([N+](=O)[O-])cc([N+](=O)[O-])c1. The number of non-ortho nitro benzene ring substituents is 2. The van der Waals surface area contributed by atoms with Gasteiger partial charge < -0.3 is 5.32 Å². The fraction of sp³-hybridized carbons (Fsp3) is 0.0667. The number of nitro groups is 2. The molecule has 0 aliphatic rings. The molecule has 1 N–H and O–H groups in total. The van der Waals surface area contributed by atoms with E-state index in [0.717, 1.165) is 36.4 Å². The van der Waals surface area contributed by atoms with Gasteiger partial charge in [0.2, 0.25) is 0 Å². The lowest BCUT2D eigenvalue weighted by molar-refractivity contribution is -0.394. The van der Waals surface area contributed by atoms with Crippen LogP contribution in [0.1, 0.15) is 20.7 Å². The molecule has 0 saturated carbocycles. The summed E-state index contributed by atoms with van der Waals surface area (Å²) < 4.78 is 37.0. The Balaban J connectivity index is 2.26. The third-order valence-electron chi connectivity index (χ3n) is 3.25. The Bertz CT molecular complexity index is 909. The number of nitrogens with zero attached hydrogens (tertiary/aromatic N) is 2. The summed E-state index contributed by atoms with van der Waals surface area (Å²) in [5, 5.41) is 23.9. The molecule has 9 nitrogen and oxygen atoms in total. The minimum Gasteiger partial charge on any atom is -0.322 e. The standard InChI is InChI=1S/C15H8F3N3O6/c16-15(17,18)13(22)8-1-3-10(4-2-8)19-14(23)9-5-11(20(24)25)7-12(6-9)21(26)27/h1-7H,(H,19,23). The molecular formula is C15H8F3N3O6. The summed E-state index contributed by atoms with van der Waals surface area (Å²) in [5.41, 5.74) is -2.42. The van der Waals surface area contributed by atoms with E-state index in [1.165, 1.54) is 0 Å². The lowest BCUT2D eigenvalue weighted by Gasteiger charge is -2.08. The van der Waals surface area contributed by atoms with Gasteiger partial charge in [-0.15, -0.1) is 0 Å². The third-order valence-corrected chi connectivity index (χ3v) is 3.25. The Hall–Kier alpha value is -3.83. The summed E-state index contributed by atoms with van der Waals surface area (Å²) in [6.45, 7) is 0. The van der Waals surface area contributed by atoms with E-state index in [9.17, 15) is 43.0 Å².